The number of halogens is 3. The monoisotopic (exact) mass is 520 g/mol. The van der Waals surface area contributed by atoms with Gasteiger partial charge in [0.25, 0.3) is 0 Å². The lowest BCUT2D eigenvalue weighted by Gasteiger charge is -2.34. The molecule has 0 saturated carbocycles. The van der Waals surface area contributed by atoms with Gasteiger partial charge >= 0.3 is 0 Å². The van der Waals surface area contributed by atoms with Crippen molar-refractivity contribution in [3.8, 4) is 11.1 Å². The highest BCUT2D eigenvalue weighted by Gasteiger charge is 2.36. The molecule has 1 aromatic carbocycles. The first-order chi connectivity index (χ1) is 18.4. The average Bonchev–Trinajstić information content (AvgIpc) is 3.57. The maximum Gasteiger partial charge on any atom is 0.130 e. The number of alkyl halides is 1. The Balaban J connectivity index is 1.32. The van der Waals surface area contributed by atoms with Crippen LogP contribution in [-0.4, -0.2) is 56.5 Å². The van der Waals surface area contributed by atoms with Gasteiger partial charge in [-0.25, -0.2) is 18.2 Å². The molecule has 2 aliphatic heterocycles. The van der Waals surface area contributed by atoms with Crippen LogP contribution in [0, 0.1) is 11.6 Å². The van der Waals surface area contributed by atoms with Gasteiger partial charge in [0, 0.05) is 54.6 Å². The number of hydrogen-bond donors (Lipinski definition) is 0. The number of piperidine rings is 1. The van der Waals surface area contributed by atoms with Crippen molar-refractivity contribution in [3.63, 3.8) is 0 Å². The molecule has 6 rings (SSSR count). The lowest BCUT2D eigenvalue weighted by Crippen LogP contribution is -2.39. The molecule has 198 valence electrons. The molecule has 0 unspecified atom stereocenters. The minimum atomic E-state index is -1.17. The summed E-state index contributed by atoms with van der Waals surface area (Å²) >= 11 is 0. The summed E-state index contributed by atoms with van der Waals surface area (Å²) in [6.45, 7) is 6.63. The van der Waals surface area contributed by atoms with E-state index in [-0.39, 0.29) is 18.5 Å². The van der Waals surface area contributed by atoms with Crippen molar-refractivity contribution >= 4 is 16.9 Å². The van der Waals surface area contributed by atoms with Gasteiger partial charge in [-0.1, -0.05) is 0 Å². The fourth-order valence-corrected chi connectivity index (χ4v) is 5.85. The van der Waals surface area contributed by atoms with Gasteiger partial charge in [-0.2, -0.15) is 5.10 Å². The van der Waals surface area contributed by atoms with E-state index in [1.54, 1.807) is 17.2 Å². The summed E-state index contributed by atoms with van der Waals surface area (Å²) < 4.78 is 45.3. The van der Waals surface area contributed by atoms with Crippen LogP contribution in [0.2, 0.25) is 0 Å². The fourth-order valence-electron chi connectivity index (χ4n) is 5.85. The van der Waals surface area contributed by atoms with Gasteiger partial charge in [-0.05, 0) is 63.1 Å². The Hall–Kier alpha value is -3.46. The Bertz CT molecular complexity index is 1450. The van der Waals surface area contributed by atoms with Crippen LogP contribution >= 0.6 is 0 Å². The largest absolute Gasteiger partial charge is 0.346 e. The van der Waals surface area contributed by atoms with E-state index in [0.717, 1.165) is 55.3 Å². The van der Waals surface area contributed by atoms with Crippen LogP contribution in [0.4, 0.5) is 19.0 Å². The van der Waals surface area contributed by atoms with Gasteiger partial charge in [0.1, 0.15) is 23.6 Å². The average molecular weight is 521 g/mol. The van der Waals surface area contributed by atoms with Crippen LogP contribution < -0.4 is 4.90 Å². The molecule has 0 amide bonds. The lowest BCUT2D eigenvalue weighted by atomic mass is 10.0. The molecular weight excluding hydrogens is 489 g/mol. The van der Waals surface area contributed by atoms with E-state index in [1.165, 1.54) is 0 Å². The number of benzene rings is 1. The summed E-state index contributed by atoms with van der Waals surface area (Å²) in [6.07, 6.45) is 6.67. The molecule has 0 radical (unpaired) electrons. The first kappa shape index (κ1) is 24.9. The number of hydrogen-bond acceptors (Lipinski definition) is 5. The third-order valence-electron chi connectivity index (χ3n) is 7.95. The van der Waals surface area contributed by atoms with E-state index in [0.29, 0.717) is 28.9 Å². The number of likely N-dealkylation sites (tertiary alicyclic amines) is 1. The summed E-state index contributed by atoms with van der Waals surface area (Å²) in [4.78, 5) is 13.6. The normalized spacial score (nSPS) is 21.2. The molecule has 5 heterocycles. The maximum absolute atomic E-state index is 14.6. The number of pyridine rings is 2. The SMILES string of the molecule is CC(C)N1CCC(n2cc(-c3ccnc4ccc(N5C[C@@H](F)C[C@@H]5c5cc(F)ccc5F)nc34)cn2)CC1. The van der Waals surface area contributed by atoms with Gasteiger partial charge in [0.15, 0.2) is 0 Å². The second-order valence-electron chi connectivity index (χ2n) is 10.6. The molecule has 2 atom stereocenters. The van der Waals surface area contributed by atoms with E-state index in [2.05, 4.69) is 39.7 Å². The van der Waals surface area contributed by atoms with Crippen LogP contribution in [0.15, 0.2) is 55.0 Å². The van der Waals surface area contributed by atoms with Gasteiger partial charge in [-0.15, -0.1) is 0 Å². The molecule has 2 fully saturated rings. The summed E-state index contributed by atoms with van der Waals surface area (Å²) in [5, 5.41) is 4.69. The second-order valence-corrected chi connectivity index (χ2v) is 10.6. The summed E-state index contributed by atoms with van der Waals surface area (Å²) in [6, 6.07) is 9.10. The lowest BCUT2D eigenvalue weighted by molar-refractivity contribution is 0.147. The first-order valence-electron chi connectivity index (χ1n) is 13.3. The molecule has 0 bridgehead atoms. The molecule has 0 aliphatic carbocycles. The molecule has 4 aromatic rings. The quantitative estimate of drug-likeness (QED) is 0.318. The number of fused-ring (bicyclic) bond motifs is 1. The van der Waals surface area contributed by atoms with Crippen molar-refractivity contribution in [2.45, 2.75) is 57.4 Å². The number of nitrogens with zero attached hydrogens (tertiary/aromatic N) is 6. The van der Waals surface area contributed by atoms with Crippen molar-refractivity contribution in [1.82, 2.24) is 24.6 Å². The molecule has 2 aliphatic rings. The smallest absolute Gasteiger partial charge is 0.130 e. The first-order valence-corrected chi connectivity index (χ1v) is 13.3. The van der Waals surface area contributed by atoms with Crippen molar-refractivity contribution in [2.24, 2.45) is 0 Å². The Kier molecular flexibility index (Phi) is 6.55. The molecule has 9 heteroatoms. The maximum atomic E-state index is 14.6. The Morgan fingerprint density at radius 2 is 1.84 bits per heavy atom. The van der Waals surface area contributed by atoms with E-state index in [4.69, 9.17) is 4.98 Å². The summed E-state index contributed by atoms with van der Waals surface area (Å²) in [5.41, 5.74) is 3.33. The molecular formula is C29H31F3N6. The zero-order valence-electron chi connectivity index (χ0n) is 21.6. The number of aromatic nitrogens is 4. The predicted molar refractivity (Wildman–Crippen MR) is 142 cm³/mol. The van der Waals surface area contributed by atoms with Crippen molar-refractivity contribution in [3.05, 3.63) is 72.2 Å². The van der Waals surface area contributed by atoms with Crippen molar-refractivity contribution in [1.29, 1.82) is 0 Å². The Morgan fingerprint density at radius 1 is 1.03 bits per heavy atom. The van der Waals surface area contributed by atoms with E-state index in [9.17, 15) is 13.2 Å². The van der Waals surface area contributed by atoms with Gasteiger partial charge in [-0.3, -0.25) is 9.67 Å². The highest BCUT2D eigenvalue weighted by molar-refractivity contribution is 5.91. The number of anilines is 1. The van der Waals surface area contributed by atoms with Crippen LogP contribution in [0.5, 0.6) is 0 Å². The van der Waals surface area contributed by atoms with Gasteiger partial charge < -0.3 is 9.80 Å². The topological polar surface area (TPSA) is 50.1 Å². The van der Waals surface area contributed by atoms with Crippen LogP contribution in [0.25, 0.3) is 22.2 Å². The standard InChI is InChI=1S/C29H31F3N6/c1-18(2)36-11-8-22(9-12-36)38-16-19(15-34-38)23-7-10-33-26-5-6-28(35-29(23)26)37-17-21(31)14-27(37)24-13-20(30)3-4-25(24)32/h3-7,10,13,15-16,18,21-22,27H,8-9,11-12,14,17H2,1-2H3/t21-,27+/m0/s1. The zero-order valence-corrected chi connectivity index (χ0v) is 21.6. The van der Waals surface area contributed by atoms with Crippen molar-refractivity contribution in [2.75, 3.05) is 24.5 Å². The minimum Gasteiger partial charge on any atom is -0.346 e. The Morgan fingerprint density at radius 3 is 2.63 bits per heavy atom. The summed E-state index contributed by atoms with van der Waals surface area (Å²) in [7, 11) is 0. The molecule has 3 aromatic heterocycles. The van der Waals surface area contributed by atoms with E-state index >= 15 is 0 Å². The van der Waals surface area contributed by atoms with Gasteiger partial charge in [0.05, 0.1) is 35.9 Å². The molecule has 38 heavy (non-hydrogen) atoms. The van der Waals surface area contributed by atoms with Crippen molar-refractivity contribution < 1.29 is 13.2 Å². The molecule has 2 saturated heterocycles. The molecule has 6 nitrogen and oxygen atoms in total. The third kappa shape index (κ3) is 4.64. The highest BCUT2D eigenvalue weighted by Crippen LogP contribution is 2.39. The Labute approximate surface area is 220 Å². The number of rotatable bonds is 5. The fraction of sp³-hybridized carbons (Fsp3) is 0.414. The minimum absolute atomic E-state index is 0.0573. The third-order valence-corrected chi connectivity index (χ3v) is 7.95. The second kappa shape index (κ2) is 10.0. The molecule has 0 spiro atoms. The zero-order chi connectivity index (χ0) is 26.4. The van der Waals surface area contributed by atoms with Crippen LogP contribution in [0.3, 0.4) is 0 Å². The predicted octanol–water partition coefficient (Wildman–Crippen LogP) is 6.11. The van der Waals surface area contributed by atoms with Crippen LogP contribution in [-0.2, 0) is 0 Å². The summed E-state index contributed by atoms with van der Waals surface area (Å²) in [5.74, 6) is -0.590. The van der Waals surface area contributed by atoms with E-state index < -0.39 is 23.8 Å². The van der Waals surface area contributed by atoms with E-state index in [1.807, 2.05) is 18.3 Å². The molecule has 0 N–H and O–H groups in total. The highest BCUT2D eigenvalue weighted by atomic mass is 19.1. The van der Waals surface area contributed by atoms with Gasteiger partial charge in [0.2, 0.25) is 0 Å². The van der Waals surface area contributed by atoms with Crippen LogP contribution in [0.1, 0.15) is 50.8 Å².